The summed E-state index contributed by atoms with van der Waals surface area (Å²) in [7, 11) is -2.65. The molecule has 0 aliphatic rings. The fourth-order valence-corrected chi connectivity index (χ4v) is 3.12. The summed E-state index contributed by atoms with van der Waals surface area (Å²) in [5.41, 5.74) is 5.35. The molecule has 0 bridgehead atoms. The van der Waals surface area contributed by atoms with E-state index >= 15 is 0 Å². The summed E-state index contributed by atoms with van der Waals surface area (Å²) >= 11 is 0. The van der Waals surface area contributed by atoms with E-state index in [4.69, 9.17) is 10.5 Å². The van der Waals surface area contributed by atoms with Crippen LogP contribution in [0.4, 0.5) is 5.69 Å². The Morgan fingerprint density at radius 1 is 1.35 bits per heavy atom. The number of hydrogen-bond acceptors (Lipinski definition) is 6. The Kier molecular flexibility index (Phi) is 4.98. The number of aliphatic hydroxyl groups excluding tert-OH is 2. The van der Waals surface area contributed by atoms with Gasteiger partial charge in [0.15, 0.2) is 0 Å². The van der Waals surface area contributed by atoms with Gasteiger partial charge in [-0.25, -0.2) is 13.1 Å². The van der Waals surface area contributed by atoms with Crippen molar-refractivity contribution in [2.75, 3.05) is 26.1 Å². The molecule has 0 aliphatic carbocycles. The lowest BCUT2D eigenvalue weighted by Crippen LogP contribution is -2.51. The second-order valence-corrected chi connectivity index (χ2v) is 6.49. The van der Waals surface area contributed by atoms with Crippen LogP contribution in [0.2, 0.25) is 0 Å². The smallest absolute Gasteiger partial charge is 0.244 e. The van der Waals surface area contributed by atoms with Crippen molar-refractivity contribution in [1.29, 1.82) is 0 Å². The fourth-order valence-electron chi connectivity index (χ4n) is 1.54. The first kappa shape index (κ1) is 16.7. The van der Waals surface area contributed by atoms with E-state index in [1.807, 2.05) is 0 Å². The minimum absolute atomic E-state index is 0.141. The second kappa shape index (κ2) is 5.96. The summed E-state index contributed by atoms with van der Waals surface area (Å²) in [6.07, 6.45) is 0. The van der Waals surface area contributed by atoms with Gasteiger partial charge in [-0.3, -0.25) is 0 Å². The molecule has 5 N–H and O–H groups in total. The Labute approximate surface area is 118 Å². The first-order valence-electron chi connectivity index (χ1n) is 5.89. The molecule has 20 heavy (non-hydrogen) atoms. The van der Waals surface area contributed by atoms with Gasteiger partial charge in [-0.2, -0.15) is 0 Å². The van der Waals surface area contributed by atoms with Crippen molar-refractivity contribution in [3.05, 3.63) is 17.7 Å². The minimum atomic E-state index is -4.00. The molecule has 114 valence electrons. The van der Waals surface area contributed by atoms with Crippen LogP contribution >= 0.6 is 0 Å². The molecule has 1 rings (SSSR count). The molecule has 0 radical (unpaired) electrons. The predicted octanol–water partition coefficient (Wildman–Crippen LogP) is -0.393. The highest BCUT2D eigenvalue weighted by molar-refractivity contribution is 7.89. The fraction of sp³-hybridized carbons (Fsp3) is 0.500. The van der Waals surface area contributed by atoms with Crippen molar-refractivity contribution in [2.24, 2.45) is 0 Å². The zero-order valence-electron chi connectivity index (χ0n) is 11.7. The molecule has 0 heterocycles. The number of aliphatic hydroxyl groups is 2. The van der Waals surface area contributed by atoms with Crippen LogP contribution in [0.1, 0.15) is 12.5 Å². The van der Waals surface area contributed by atoms with E-state index in [1.165, 1.54) is 26.2 Å². The molecule has 0 saturated heterocycles. The molecule has 1 aromatic rings. The first-order valence-corrected chi connectivity index (χ1v) is 7.37. The van der Waals surface area contributed by atoms with Crippen molar-refractivity contribution >= 4 is 15.7 Å². The molecule has 8 heteroatoms. The van der Waals surface area contributed by atoms with Crippen LogP contribution in [-0.2, 0) is 10.0 Å². The molecule has 0 spiro atoms. The maximum atomic E-state index is 12.3. The Balaban J connectivity index is 3.32. The molecule has 7 nitrogen and oxygen atoms in total. The lowest BCUT2D eigenvalue weighted by molar-refractivity contribution is 0.121. The van der Waals surface area contributed by atoms with Gasteiger partial charge in [-0.15, -0.1) is 0 Å². The third-order valence-corrected chi connectivity index (χ3v) is 4.58. The van der Waals surface area contributed by atoms with E-state index in [9.17, 15) is 18.6 Å². The normalized spacial score (nSPS) is 12.4. The standard InChI is InChI=1S/C12H20N2O5S/c1-8-4-10(19-3)11(5-9(8)13)20(17,18)14-12(2,6-15)7-16/h4-5,14-16H,6-7,13H2,1-3H3. The number of aryl methyl sites for hydroxylation is 1. The molecule has 1 aromatic carbocycles. The number of methoxy groups -OCH3 is 1. The number of nitrogens with two attached hydrogens (primary N) is 1. The third kappa shape index (κ3) is 3.40. The van der Waals surface area contributed by atoms with Crippen LogP contribution in [0.25, 0.3) is 0 Å². The number of nitrogen functional groups attached to an aromatic ring is 1. The Morgan fingerprint density at radius 3 is 2.35 bits per heavy atom. The summed E-state index contributed by atoms with van der Waals surface area (Å²) in [5, 5.41) is 18.4. The molecule has 0 aromatic heterocycles. The van der Waals surface area contributed by atoms with Crippen LogP contribution in [-0.4, -0.2) is 44.5 Å². The highest BCUT2D eigenvalue weighted by Crippen LogP contribution is 2.29. The largest absolute Gasteiger partial charge is 0.495 e. The Hall–Kier alpha value is -1.35. The SMILES string of the molecule is COc1cc(C)c(N)cc1S(=O)(=O)NC(C)(CO)CO. The minimum Gasteiger partial charge on any atom is -0.495 e. The van der Waals surface area contributed by atoms with Gasteiger partial charge in [-0.05, 0) is 31.5 Å². The molecule has 0 aliphatic heterocycles. The summed E-state index contributed by atoms with van der Waals surface area (Å²) in [4.78, 5) is -0.142. The van der Waals surface area contributed by atoms with E-state index < -0.39 is 28.8 Å². The first-order chi connectivity index (χ1) is 9.19. The van der Waals surface area contributed by atoms with E-state index in [0.717, 1.165) is 0 Å². The monoisotopic (exact) mass is 304 g/mol. The number of rotatable bonds is 6. The number of benzene rings is 1. The Morgan fingerprint density at radius 2 is 1.90 bits per heavy atom. The van der Waals surface area contributed by atoms with Crippen molar-refractivity contribution in [2.45, 2.75) is 24.3 Å². The second-order valence-electron chi connectivity index (χ2n) is 4.84. The van der Waals surface area contributed by atoms with Crippen molar-refractivity contribution < 1.29 is 23.4 Å². The molecular formula is C12H20N2O5S. The quantitative estimate of drug-likeness (QED) is 0.531. The maximum Gasteiger partial charge on any atom is 0.244 e. The average molecular weight is 304 g/mol. The van der Waals surface area contributed by atoms with Crippen molar-refractivity contribution in [3.8, 4) is 5.75 Å². The highest BCUT2D eigenvalue weighted by Gasteiger charge is 2.31. The molecule has 0 fully saturated rings. The maximum absolute atomic E-state index is 12.3. The van der Waals surface area contributed by atoms with Crippen LogP contribution in [0, 0.1) is 6.92 Å². The lowest BCUT2D eigenvalue weighted by atomic mass is 10.1. The van der Waals surface area contributed by atoms with E-state index in [1.54, 1.807) is 6.92 Å². The average Bonchev–Trinajstić information content (AvgIpc) is 2.40. The van der Waals surface area contributed by atoms with Gasteiger partial charge in [0.2, 0.25) is 10.0 Å². The molecular weight excluding hydrogens is 284 g/mol. The zero-order chi connectivity index (χ0) is 15.6. The van der Waals surface area contributed by atoms with Gasteiger partial charge in [0, 0.05) is 5.69 Å². The summed E-state index contributed by atoms with van der Waals surface area (Å²) in [6.45, 7) is 2.01. The number of sulfonamides is 1. The third-order valence-electron chi connectivity index (χ3n) is 2.92. The predicted molar refractivity (Wildman–Crippen MR) is 75.0 cm³/mol. The number of nitrogens with one attached hydrogen (secondary N) is 1. The van der Waals surface area contributed by atoms with Gasteiger partial charge < -0.3 is 20.7 Å². The topological polar surface area (TPSA) is 122 Å². The lowest BCUT2D eigenvalue weighted by Gasteiger charge is -2.26. The van der Waals surface area contributed by atoms with E-state index in [0.29, 0.717) is 11.3 Å². The summed E-state index contributed by atoms with van der Waals surface area (Å²) < 4.78 is 32.0. The summed E-state index contributed by atoms with van der Waals surface area (Å²) in [5.74, 6) is 0.141. The number of anilines is 1. The van der Waals surface area contributed by atoms with Gasteiger partial charge in [0.25, 0.3) is 0 Å². The van der Waals surface area contributed by atoms with Gasteiger partial charge in [0.05, 0.1) is 25.9 Å². The van der Waals surface area contributed by atoms with Crippen LogP contribution < -0.4 is 15.2 Å². The van der Waals surface area contributed by atoms with Crippen molar-refractivity contribution in [3.63, 3.8) is 0 Å². The number of hydrogen-bond donors (Lipinski definition) is 4. The van der Waals surface area contributed by atoms with Crippen LogP contribution in [0.3, 0.4) is 0 Å². The highest BCUT2D eigenvalue weighted by atomic mass is 32.2. The zero-order valence-corrected chi connectivity index (χ0v) is 12.5. The van der Waals surface area contributed by atoms with E-state index in [-0.39, 0.29) is 10.6 Å². The molecule has 0 unspecified atom stereocenters. The molecule has 0 amide bonds. The van der Waals surface area contributed by atoms with Gasteiger partial charge in [0.1, 0.15) is 10.6 Å². The van der Waals surface area contributed by atoms with Gasteiger partial charge in [-0.1, -0.05) is 0 Å². The van der Waals surface area contributed by atoms with Crippen LogP contribution in [0.15, 0.2) is 17.0 Å². The van der Waals surface area contributed by atoms with Crippen molar-refractivity contribution in [1.82, 2.24) is 4.72 Å². The molecule has 0 saturated carbocycles. The number of ether oxygens (including phenoxy) is 1. The van der Waals surface area contributed by atoms with Crippen LogP contribution in [0.5, 0.6) is 5.75 Å². The van der Waals surface area contributed by atoms with E-state index in [2.05, 4.69) is 4.72 Å². The molecule has 0 atom stereocenters. The Bertz CT molecular complexity index is 582. The summed E-state index contributed by atoms with van der Waals surface area (Å²) in [6, 6.07) is 2.80. The van der Waals surface area contributed by atoms with Gasteiger partial charge >= 0.3 is 0 Å².